The summed E-state index contributed by atoms with van der Waals surface area (Å²) in [4.78, 5) is 3.36. The van der Waals surface area contributed by atoms with E-state index in [4.69, 9.17) is 4.42 Å². The van der Waals surface area contributed by atoms with E-state index in [1.54, 1.807) is 18.2 Å². The Morgan fingerprint density at radius 2 is 1.44 bits per heavy atom. The molecule has 7 heteroatoms. The average Bonchev–Trinajstić information content (AvgIpc) is 2.94. The zero-order valence-corrected chi connectivity index (χ0v) is 23.7. The lowest BCUT2D eigenvalue weighted by atomic mass is 9.93. The second-order valence-corrected chi connectivity index (χ2v) is 11.6. The SMILES string of the molecule is Cc1ccccc1Nc1ccc2c(-c3ccccc3S(=O)(=O)O)c3ccc(=[NH+]c4c(C)cccc4C)cc-3oc2c1. The Morgan fingerprint density at radius 1 is 0.732 bits per heavy atom. The molecule has 0 saturated heterocycles. The summed E-state index contributed by atoms with van der Waals surface area (Å²) in [5.74, 6) is 0.571. The topological polar surface area (TPSA) is 93.5 Å². The number of hydrogen-bond acceptors (Lipinski definition) is 4. The van der Waals surface area contributed by atoms with Gasteiger partial charge in [-0.15, -0.1) is 0 Å². The maximum absolute atomic E-state index is 12.4. The van der Waals surface area contributed by atoms with Gasteiger partial charge in [0.2, 0.25) is 11.0 Å². The van der Waals surface area contributed by atoms with Gasteiger partial charge >= 0.3 is 0 Å². The molecule has 0 aromatic heterocycles. The maximum atomic E-state index is 12.4. The lowest BCUT2D eigenvalue weighted by Crippen LogP contribution is -2.71. The number of benzene rings is 5. The smallest absolute Gasteiger partial charge is 0.295 e. The molecule has 2 aliphatic rings. The highest BCUT2D eigenvalue weighted by molar-refractivity contribution is 7.86. The normalized spacial score (nSPS) is 12.2. The summed E-state index contributed by atoms with van der Waals surface area (Å²) in [6, 6.07) is 32.2. The van der Waals surface area contributed by atoms with Gasteiger partial charge < -0.3 is 9.73 Å². The Hall–Kier alpha value is -4.72. The minimum atomic E-state index is -4.49. The molecule has 0 saturated carbocycles. The van der Waals surface area contributed by atoms with Crippen LogP contribution in [-0.2, 0) is 10.1 Å². The van der Waals surface area contributed by atoms with Crippen molar-refractivity contribution in [2.24, 2.45) is 0 Å². The first-order valence-electron chi connectivity index (χ1n) is 13.3. The molecule has 4 aromatic carbocycles. The van der Waals surface area contributed by atoms with E-state index in [1.807, 2.05) is 73.7 Å². The highest BCUT2D eigenvalue weighted by Crippen LogP contribution is 2.42. The van der Waals surface area contributed by atoms with Gasteiger partial charge in [-0.25, -0.2) is 4.99 Å². The number of hydrogen-bond donors (Lipinski definition) is 3. The zero-order valence-electron chi connectivity index (χ0n) is 22.9. The molecular formula is C34H29N2O4S+. The molecule has 0 unspecified atom stereocenters. The summed E-state index contributed by atoms with van der Waals surface area (Å²) in [5.41, 5.74) is 8.53. The Labute approximate surface area is 238 Å². The lowest BCUT2D eigenvalue weighted by molar-refractivity contribution is -0.403. The quantitative estimate of drug-likeness (QED) is 0.167. The Balaban J connectivity index is 1.63. The van der Waals surface area contributed by atoms with E-state index in [9.17, 15) is 13.0 Å². The summed E-state index contributed by atoms with van der Waals surface area (Å²) in [6.45, 7) is 6.15. The van der Waals surface area contributed by atoms with Gasteiger partial charge in [-0.3, -0.25) is 4.55 Å². The van der Waals surface area contributed by atoms with E-state index in [0.717, 1.165) is 50.1 Å². The first-order valence-corrected chi connectivity index (χ1v) is 14.7. The van der Waals surface area contributed by atoms with Crippen molar-refractivity contribution in [3.8, 4) is 22.5 Å². The molecule has 6 nitrogen and oxygen atoms in total. The van der Waals surface area contributed by atoms with Crippen LogP contribution in [0, 0.1) is 20.8 Å². The van der Waals surface area contributed by atoms with Crippen molar-refractivity contribution in [1.82, 2.24) is 0 Å². The van der Waals surface area contributed by atoms with Gasteiger partial charge in [0, 0.05) is 56.7 Å². The van der Waals surface area contributed by atoms with Crippen LogP contribution in [-0.4, -0.2) is 13.0 Å². The molecule has 204 valence electrons. The lowest BCUT2D eigenvalue weighted by Gasteiger charge is -2.17. The highest BCUT2D eigenvalue weighted by Gasteiger charge is 2.24. The van der Waals surface area contributed by atoms with Gasteiger partial charge in [-0.1, -0.05) is 54.6 Å². The highest BCUT2D eigenvalue weighted by atomic mass is 32.2. The van der Waals surface area contributed by atoms with Crippen molar-refractivity contribution < 1.29 is 22.4 Å². The van der Waals surface area contributed by atoms with E-state index < -0.39 is 10.1 Å². The fraction of sp³-hybridized carbons (Fsp3) is 0.0882. The number of nitrogens with one attached hydrogen (secondary N) is 2. The van der Waals surface area contributed by atoms with Crippen molar-refractivity contribution in [2.75, 3.05) is 5.32 Å². The van der Waals surface area contributed by atoms with Crippen LogP contribution in [0.25, 0.3) is 33.4 Å². The molecule has 1 heterocycles. The van der Waals surface area contributed by atoms with Crippen molar-refractivity contribution in [3.05, 3.63) is 125 Å². The third-order valence-electron chi connectivity index (χ3n) is 7.33. The van der Waals surface area contributed by atoms with Gasteiger partial charge in [-0.2, -0.15) is 8.42 Å². The molecule has 0 bridgehead atoms. The minimum absolute atomic E-state index is 0.159. The van der Waals surface area contributed by atoms with Crippen LogP contribution in [0.3, 0.4) is 0 Å². The fourth-order valence-corrected chi connectivity index (χ4v) is 5.96. The summed E-state index contributed by atoms with van der Waals surface area (Å²) in [5, 5.41) is 5.01. The number of anilines is 2. The summed E-state index contributed by atoms with van der Waals surface area (Å²) in [6.07, 6.45) is 0. The molecule has 0 radical (unpaired) electrons. The standard InChI is InChI=1S/C34H28N2O4S/c1-21-9-4-6-13-29(21)35-24-15-17-26-30(19-24)40-31-20-25(36-34-22(2)10-8-11-23(34)3)16-18-27(31)33(26)28-12-5-7-14-32(28)41(37,38)39/h4-20,35H,1-3H3,(H,37,38,39)/p+1. The number of para-hydroxylation sites is 2. The van der Waals surface area contributed by atoms with Crippen LogP contribution in [0.1, 0.15) is 16.7 Å². The van der Waals surface area contributed by atoms with Gasteiger partial charge in [-0.05, 0) is 56.7 Å². The zero-order chi connectivity index (χ0) is 28.7. The molecule has 6 rings (SSSR count). The molecule has 0 atom stereocenters. The van der Waals surface area contributed by atoms with Gasteiger partial charge in [0.25, 0.3) is 10.1 Å². The average molecular weight is 562 g/mol. The molecule has 3 N–H and O–H groups in total. The van der Waals surface area contributed by atoms with Crippen LogP contribution < -0.4 is 15.7 Å². The van der Waals surface area contributed by atoms with Crippen molar-refractivity contribution in [1.29, 1.82) is 0 Å². The van der Waals surface area contributed by atoms with E-state index in [-0.39, 0.29) is 4.90 Å². The summed E-state index contributed by atoms with van der Waals surface area (Å²) >= 11 is 0. The molecule has 0 amide bonds. The Kier molecular flexibility index (Phi) is 6.69. The monoisotopic (exact) mass is 561 g/mol. The van der Waals surface area contributed by atoms with Crippen LogP contribution in [0.5, 0.6) is 0 Å². The molecule has 4 aromatic rings. The van der Waals surface area contributed by atoms with Crippen LogP contribution >= 0.6 is 0 Å². The molecular weight excluding hydrogens is 532 g/mol. The Morgan fingerprint density at radius 3 is 2.20 bits per heavy atom. The molecule has 0 spiro atoms. The van der Waals surface area contributed by atoms with Gasteiger partial charge in [0.05, 0.1) is 6.07 Å². The number of rotatable bonds is 5. The largest absolute Gasteiger partial charge is 0.456 e. The van der Waals surface area contributed by atoms with E-state index in [0.29, 0.717) is 22.5 Å². The molecule has 1 aliphatic heterocycles. The van der Waals surface area contributed by atoms with Crippen LogP contribution in [0.2, 0.25) is 0 Å². The fourth-order valence-electron chi connectivity index (χ4n) is 5.26. The predicted octanol–water partition coefficient (Wildman–Crippen LogP) is 6.43. The summed E-state index contributed by atoms with van der Waals surface area (Å²) in [7, 11) is -4.49. The predicted molar refractivity (Wildman–Crippen MR) is 162 cm³/mol. The first kappa shape index (κ1) is 26.5. The molecule has 0 fully saturated rings. The molecule has 1 aliphatic carbocycles. The minimum Gasteiger partial charge on any atom is -0.456 e. The van der Waals surface area contributed by atoms with Crippen LogP contribution in [0.4, 0.5) is 17.1 Å². The third kappa shape index (κ3) is 5.13. The van der Waals surface area contributed by atoms with E-state index in [1.165, 1.54) is 6.07 Å². The first-order chi connectivity index (χ1) is 19.7. The van der Waals surface area contributed by atoms with Gasteiger partial charge in [0.15, 0.2) is 0 Å². The van der Waals surface area contributed by atoms with E-state index >= 15 is 0 Å². The van der Waals surface area contributed by atoms with Crippen molar-refractivity contribution in [3.63, 3.8) is 0 Å². The van der Waals surface area contributed by atoms with Crippen molar-refractivity contribution >= 4 is 38.1 Å². The molecule has 41 heavy (non-hydrogen) atoms. The number of aryl methyl sites for hydroxylation is 3. The number of fused-ring (bicyclic) bond motifs is 2. The van der Waals surface area contributed by atoms with Crippen molar-refractivity contribution in [2.45, 2.75) is 25.7 Å². The second kappa shape index (κ2) is 10.4. The Bertz CT molecular complexity index is 2070. The van der Waals surface area contributed by atoms with E-state index in [2.05, 4.69) is 36.3 Å². The van der Waals surface area contributed by atoms with Crippen LogP contribution in [0.15, 0.2) is 112 Å². The van der Waals surface area contributed by atoms with Gasteiger partial charge in [0.1, 0.15) is 16.2 Å². The summed E-state index contributed by atoms with van der Waals surface area (Å²) < 4.78 is 41.4. The maximum Gasteiger partial charge on any atom is 0.295 e. The third-order valence-corrected chi connectivity index (χ3v) is 8.24. The second-order valence-electron chi connectivity index (χ2n) is 10.2.